The third-order valence-corrected chi connectivity index (χ3v) is 2.63. The molecule has 3 heteroatoms. The van der Waals surface area contributed by atoms with Crippen molar-refractivity contribution in [2.75, 3.05) is 5.88 Å². The van der Waals surface area contributed by atoms with Crippen molar-refractivity contribution in [3.63, 3.8) is 0 Å². The number of hydrogen-bond donors (Lipinski definition) is 1. The van der Waals surface area contributed by atoms with Crippen LogP contribution >= 0.6 is 11.6 Å². The highest BCUT2D eigenvalue weighted by Crippen LogP contribution is 2.08. The van der Waals surface area contributed by atoms with Crippen LogP contribution in [0.2, 0.25) is 0 Å². The van der Waals surface area contributed by atoms with E-state index in [-0.39, 0.29) is 11.9 Å². The predicted molar refractivity (Wildman–Crippen MR) is 66.2 cm³/mol. The smallest absolute Gasteiger partial charge is 0.220 e. The first-order valence-corrected chi connectivity index (χ1v) is 6.34. The van der Waals surface area contributed by atoms with Crippen molar-refractivity contribution in [3.8, 4) is 0 Å². The molecular formula is C12H24ClNO. The van der Waals surface area contributed by atoms with Crippen molar-refractivity contribution < 1.29 is 4.79 Å². The Bertz CT molecular complexity index is 180. The molecule has 0 aromatic rings. The van der Waals surface area contributed by atoms with Gasteiger partial charge in [0.15, 0.2) is 0 Å². The number of amides is 1. The fourth-order valence-corrected chi connectivity index (χ4v) is 1.65. The van der Waals surface area contributed by atoms with Gasteiger partial charge in [-0.1, -0.05) is 27.7 Å². The van der Waals surface area contributed by atoms with Crippen LogP contribution in [0.25, 0.3) is 0 Å². The lowest BCUT2D eigenvalue weighted by Crippen LogP contribution is -2.37. The summed E-state index contributed by atoms with van der Waals surface area (Å²) in [6.07, 6.45) is 2.52. The van der Waals surface area contributed by atoms with E-state index in [1.807, 2.05) is 0 Å². The standard InChI is InChI=1S/C12H24ClNO/c1-9(2)5-6-12(15)14-11(8-13)7-10(3)4/h9-11H,5-8H2,1-4H3,(H,14,15). The number of rotatable bonds is 7. The zero-order chi connectivity index (χ0) is 11.8. The van der Waals surface area contributed by atoms with Gasteiger partial charge in [0.1, 0.15) is 0 Å². The molecule has 1 N–H and O–H groups in total. The van der Waals surface area contributed by atoms with Crippen LogP contribution in [0.1, 0.15) is 47.0 Å². The van der Waals surface area contributed by atoms with E-state index >= 15 is 0 Å². The molecule has 0 heterocycles. The quantitative estimate of drug-likeness (QED) is 0.673. The van der Waals surface area contributed by atoms with Gasteiger partial charge in [-0.2, -0.15) is 0 Å². The van der Waals surface area contributed by atoms with Crippen molar-refractivity contribution in [3.05, 3.63) is 0 Å². The molecule has 0 aromatic carbocycles. The maximum Gasteiger partial charge on any atom is 0.220 e. The monoisotopic (exact) mass is 233 g/mol. The third-order valence-electron chi connectivity index (χ3n) is 2.26. The van der Waals surface area contributed by atoms with Gasteiger partial charge in [0.2, 0.25) is 5.91 Å². The van der Waals surface area contributed by atoms with E-state index in [2.05, 4.69) is 33.0 Å². The maximum absolute atomic E-state index is 11.5. The normalized spacial score (nSPS) is 13.3. The van der Waals surface area contributed by atoms with Gasteiger partial charge in [-0.3, -0.25) is 4.79 Å². The summed E-state index contributed by atoms with van der Waals surface area (Å²) in [6.45, 7) is 8.53. The summed E-state index contributed by atoms with van der Waals surface area (Å²) in [4.78, 5) is 11.5. The Balaban J connectivity index is 3.80. The topological polar surface area (TPSA) is 29.1 Å². The molecule has 1 unspecified atom stereocenters. The summed E-state index contributed by atoms with van der Waals surface area (Å²) >= 11 is 5.80. The van der Waals surface area contributed by atoms with Crippen molar-refractivity contribution in [1.82, 2.24) is 5.32 Å². The van der Waals surface area contributed by atoms with E-state index in [9.17, 15) is 4.79 Å². The SMILES string of the molecule is CC(C)CCC(=O)NC(CCl)CC(C)C. The van der Waals surface area contributed by atoms with E-state index in [4.69, 9.17) is 11.6 Å². The molecule has 1 atom stereocenters. The lowest BCUT2D eigenvalue weighted by Gasteiger charge is -2.18. The zero-order valence-electron chi connectivity index (χ0n) is 10.3. The Morgan fingerprint density at radius 2 is 1.80 bits per heavy atom. The van der Waals surface area contributed by atoms with Crippen molar-refractivity contribution in [2.45, 2.75) is 53.0 Å². The third kappa shape index (κ3) is 8.73. The molecule has 0 aliphatic rings. The highest BCUT2D eigenvalue weighted by atomic mass is 35.5. The van der Waals surface area contributed by atoms with Crippen LogP contribution in [0.15, 0.2) is 0 Å². The highest BCUT2D eigenvalue weighted by molar-refractivity contribution is 6.18. The average Bonchev–Trinajstić information content (AvgIpc) is 2.13. The molecule has 0 aromatic heterocycles. The molecule has 0 rings (SSSR count). The van der Waals surface area contributed by atoms with Crippen LogP contribution < -0.4 is 5.32 Å². The largest absolute Gasteiger partial charge is 0.352 e. The second-order valence-corrected chi connectivity index (χ2v) is 5.29. The van der Waals surface area contributed by atoms with E-state index in [0.29, 0.717) is 24.1 Å². The number of carbonyl (C=O) groups excluding carboxylic acids is 1. The van der Waals surface area contributed by atoms with Gasteiger partial charge in [-0.25, -0.2) is 0 Å². The molecule has 15 heavy (non-hydrogen) atoms. The van der Waals surface area contributed by atoms with E-state index in [0.717, 1.165) is 12.8 Å². The molecule has 90 valence electrons. The minimum atomic E-state index is 0.131. The molecule has 0 radical (unpaired) electrons. The van der Waals surface area contributed by atoms with Crippen LogP contribution in [-0.4, -0.2) is 17.8 Å². The van der Waals surface area contributed by atoms with Gasteiger partial charge in [0, 0.05) is 18.3 Å². The number of carbonyl (C=O) groups is 1. The number of hydrogen-bond acceptors (Lipinski definition) is 1. The summed E-state index contributed by atoms with van der Waals surface area (Å²) in [6, 6.07) is 0.131. The van der Waals surface area contributed by atoms with Gasteiger partial charge in [0.05, 0.1) is 0 Å². The van der Waals surface area contributed by atoms with Crippen LogP contribution in [0, 0.1) is 11.8 Å². The first-order valence-electron chi connectivity index (χ1n) is 5.81. The Morgan fingerprint density at radius 1 is 1.20 bits per heavy atom. The van der Waals surface area contributed by atoms with Crippen LogP contribution in [0.5, 0.6) is 0 Å². The first kappa shape index (κ1) is 14.8. The predicted octanol–water partition coefficient (Wildman–Crippen LogP) is 3.19. The number of nitrogens with one attached hydrogen (secondary N) is 1. The zero-order valence-corrected chi connectivity index (χ0v) is 11.1. The molecular weight excluding hydrogens is 210 g/mol. The lowest BCUT2D eigenvalue weighted by molar-refractivity contribution is -0.122. The lowest BCUT2D eigenvalue weighted by atomic mass is 10.0. The second-order valence-electron chi connectivity index (χ2n) is 4.98. The van der Waals surface area contributed by atoms with Crippen molar-refractivity contribution in [2.24, 2.45) is 11.8 Å². The molecule has 0 saturated carbocycles. The summed E-state index contributed by atoms with van der Waals surface area (Å²) in [5.74, 6) is 1.79. The van der Waals surface area contributed by atoms with Gasteiger partial charge in [-0.05, 0) is 24.7 Å². The number of alkyl halides is 1. The average molecular weight is 234 g/mol. The summed E-state index contributed by atoms with van der Waals surface area (Å²) < 4.78 is 0. The molecule has 0 aliphatic heterocycles. The minimum absolute atomic E-state index is 0.131. The van der Waals surface area contributed by atoms with Gasteiger partial charge in [-0.15, -0.1) is 11.6 Å². The minimum Gasteiger partial charge on any atom is -0.352 e. The van der Waals surface area contributed by atoms with Gasteiger partial charge >= 0.3 is 0 Å². The van der Waals surface area contributed by atoms with Crippen LogP contribution in [-0.2, 0) is 4.79 Å². The van der Waals surface area contributed by atoms with E-state index in [1.54, 1.807) is 0 Å². The molecule has 0 fully saturated rings. The van der Waals surface area contributed by atoms with Crippen LogP contribution in [0.4, 0.5) is 0 Å². The van der Waals surface area contributed by atoms with Crippen LogP contribution in [0.3, 0.4) is 0 Å². The molecule has 1 amide bonds. The Labute approximate surface area is 98.8 Å². The van der Waals surface area contributed by atoms with Gasteiger partial charge < -0.3 is 5.32 Å². The highest BCUT2D eigenvalue weighted by Gasteiger charge is 2.12. The molecule has 0 saturated heterocycles. The Hall–Kier alpha value is -0.240. The Kier molecular flexibility index (Phi) is 7.85. The molecule has 0 aliphatic carbocycles. The maximum atomic E-state index is 11.5. The Morgan fingerprint density at radius 3 is 2.20 bits per heavy atom. The van der Waals surface area contributed by atoms with E-state index < -0.39 is 0 Å². The summed E-state index contributed by atoms with van der Waals surface area (Å²) in [5.41, 5.74) is 0. The van der Waals surface area contributed by atoms with Gasteiger partial charge in [0.25, 0.3) is 0 Å². The first-order chi connectivity index (χ1) is 6.95. The molecule has 0 bridgehead atoms. The fraction of sp³-hybridized carbons (Fsp3) is 0.917. The number of halogens is 1. The van der Waals surface area contributed by atoms with Crippen molar-refractivity contribution in [1.29, 1.82) is 0 Å². The van der Waals surface area contributed by atoms with Crippen molar-refractivity contribution >= 4 is 17.5 Å². The van der Waals surface area contributed by atoms with E-state index in [1.165, 1.54) is 0 Å². The second kappa shape index (κ2) is 7.98. The molecule has 0 spiro atoms. The summed E-state index contributed by atoms with van der Waals surface area (Å²) in [7, 11) is 0. The molecule has 2 nitrogen and oxygen atoms in total. The fourth-order valence-electron chi connectivity index (χ4n) is 1.45. The summed E-state index contributed by atoms with van der Waals surface area (Å²) in [5, 5.41) is 2.98.